The van der Waals surface area contributed by atoms with Gasteiger partial charge in [0.2, 0.25) is 5.91 Å². The van der Waals surface area contributed by atoms with Crippen LogP contribution in [-0.4, -0.2) is 30.9 Å². The van der Waals surface area contributed by atoms with E-state index in [0.29, 0.717) is 19.6 Å². The van der Waals surface area contributed by atoms with Crippen molar-refractivity contribution in [2.75, 3.05) is 20.1 Å². The number of halogens is 1. The standard InChI is InChI=1S/C19H24FN3O/c1-19(21,16-6-4-3-5-7-16)18(24)22-12-13-23(2)14-15-8-10-17(20)11-9-15/h3-11H,12-14,21H2,1-2H3,(H,22,24). The van der Waals surface area contributed by atoms with Gasteiger partial charge in [0.05, 0.1) is 0 Å². The van der Waals surface area contributed by atoms with E-state index in [0.717, 1.165) is 11.1 Å². The van der Waals surface area contributed by atoms with Crippen LogP contribution in [0.5, 0.6) is 0 Å². The second kappa shape index (κ2) is 8.04. The Labute approximate surface area is 142 Å². The van der Waals surface area contributed by atoms with Crippen molar-refractivity contribution in [3.05, 3.63) is 71.5 Å². The molecule has 2 aromatic carbocycles. The van der Waals surface area contributed by atoms with Crippen LogP contribution in [0.2, 0.25) is 0 Å². The molecular formula is C19H24FN3O. The Hall–Kier alpha value is -2.24. The maximum absolute atomic E-state index is 12.9. The van der Waals surface area contributed by atoms with Crippen molar-refractivity contribution >= 4 is 5.91 Å². The van der Waals surface area contributed by atoms with Crippen LogP contribution < -0.4 is 11.1 Å². The van der Waals surface area contributed by atoms with Crippen LogP contribution in [0.4, 0.5) is 4.39 Å². The fourth-order valence-corrected chi connectivity index (χ4v) is 2.44. The number of carbonyl (C=O) groups is 1. The summed E-state index contributed by atoms with van der Waals surface area (Å²) in [6.07, 6.45) is 0. The lowest BCUT2D eigenvalue weighted by molar-refractivity contribution is -0.126. The van der Waals surface area contributed by atoms with Gasteiger partial charge in [0.1, 0.15) is 11.4 Å². The molecule has 1 amide bonds. The lowest BCUT2D eigenvalue weighted by Crippen LogP contribution is -2.50. The number of carbonyl (C=O) groups excluding carboxylic acids is 1. The van der Waals surface area contributed by atoms with Crippen LogP contribution in [0.3, 0.4) is 0 Å². The van der Waals surface area contributed by atoms with Crippen LogP contribution in [-0.2, 0) is 16.9 Å². The molecule has 2 rings (SSSR count). The summed E-state index contributed by atoms with van der Waals surface area (Å²) in [6.45, 7) is 3.57. The summed E-state index contributed by atoms with van der Waals surface area (Å²) < 4.78 is 12.9. The first-order valence-corrected chi connectivity index (χ1v) is 7.95. The minimum absolute atomic E-state index is 0.205. The number of hydrogen-bond acceptors (Lipinski definition) is 3. The molecule has 0 spiro atoms. The minimum Gasteiger partial charge on any atom is -0.353 e. The normalized spacial score (nSPS) is 13.5. The first kappa shape index (κ1) is 18.1. The number of nitrogens with zero attached hydrogens (tertiary/aromatic N) is 1. The molecule has 0 aliphatic rings. The molecule has 128 valence electrons. The second-order valence-electron chi connectivity index (χ2n) is 6.19. The molecule has 5 heteroatoms. The van der Waals surface area contributed by atoms with Gasteiger partial charge in [0.15, 0.2) is 0 Å². The number of amides is 1. The van der Waals surface area contributed by atoms with Crippen molar-refractivity contribution in [2.45, 2.75) is 19.0 Å². The number of rotatable bonds is 7. The van der Waals surface area contributed by atoms with Crippen molar-refractivity contribution in [1.82, 2.24) is 10.2 Å². The van der Waals surface area contributed by atoms with Crippen molar-refractivity contribution in [3.63, 3.8) is 0 Å². The highest BCUT2D eigenvalue weighted by atomic mass is 19.1. The van der Waals surface area contributed by atoms with E-state index < -0.39 is 5.54 Å². The Balaban J connectivity index is 1.80. The van der Waals surface area contributed by atoms with Crippen LogP contribution >= 0.6 is 0 Å². The Morgan fingerprint density at radius 2 is 1.79 bits per heavy atom. The molecule has 0 aliphatic carbocycles. The van der Waals surface area contributed by atoms with Crippen LogP contribution in [0.25, 0.3) is 0 Å². The van der Waals surface area contributed by atoms with Gasteiger partial charge in [-0.05, 0) is 37.2 Å². The third-order valence-corrected chi connectivity index (χ3v) is 3.99. The van der Waals surface area contributed by atoms with E-state index in [1.807, 2.05) is 37.4 Å². The highest BCUT2D eigenvalue weighted by Gasteiger charge is 2.29. The topological polar surface area (TPSA) is 58.4 Å². The molecule has 0 aromatic heterocycles. The largest absolute Gasteiger partial charge is 0.353 e. The molecule has 3 N–H and O–H groups in total. The Morgan fingerprint density at radius 3 is 2.42 bits per heavy atom. The van der Waals surface area contributed by atoms with Crippen molar-refractivity contribution in [2.24, 2.45) is 5.73 Å². The lowest BCUT2D eigenvalue weighted by Gasteiger charge is -2.25. The summed E-state index contributed by atoms with van der Waals surface area (Å²) in [5.74, 6) is -0.444. The quantitative estimate of drug-likeness (QED) is 0.819. The fourth-order valence-electron chi connectivity index (χ4n) is 2.44. The van der Waals surface area contributed by atoms with Gasteiger partial charge < -0.3 is 16.0 Å². The van der Waals surface area contributed by atoms with E-state index in [1.54, 1.807) is 19.1 Å². The van der Waals surface area contributed by atoms with Gasteiger partial charge >= 0.3 is 0 Å². The molecule has 0 saturated carbocycles. The molecule has 1 atom stereocenters. The molecule has 0 bridgehead atoms. The summed E-state index contributed by atoms with van der Waals surface area (Å²) in [5, 5.41) is 2.88. The predicted molar refractivity (Wildman–Crippen MR) is 93.7 cm³/mol. The molecule has 24 heavy (non-hydrogen) atoms. The molecule has 0 fully saturated rings. The zero-order chi connectivity index (χ0) is 17.6. The van der Waals surface area contributed by atoms with E-state index in [2.05, 4.69) is 10.2 Å². The van der Waals surface area contributed by atoms with Crippen molar-refractivity contribution < 1.29 is 9.18 Å². The number of hydrogen-bond donors (Lipinski definition) is 2. The first-order chi connectivity index (χ1) is 11.4. The number of likely N-dealkylation sites (N-methyl/N-ethyl adjacent to an activating group) is 1. The highest BCUT2D eigenvalue weighted by Crippen LogP contribution is 2.17. The average Bonchev–Trinajstić information content (AvgIpc) is 2.57. The van der Waals surface area contributed by atoms with E-state index in [4.69, 9.17) is 5.73 Å². The van der Waals surface area contributed by atoms with Crippen LogP contribution in [0.1, 0.15) is 18.1 Å². The van der Waals surface area contributed by atoms with E-state index in [-0.39, 0.29) is 11.7 Å². The monoisotopic (exact) mass is 329 g/mol. The van der Waals surface area contributed by atoms with Gasteiger partial charge in [0, 0.05) is 19.6 Å². The SMILES string of the molecule is CN(CCNC(=O)C(C)(N)c1ccccc1)Cc1ccc(F)cc1. The maximum Gasteiger partial charge on any atom is 0.244 e. The Morgan fingerprint density at radius 1 is 1.17 bits per heavy atom. The summed E-state index contributed by atoms with van der Waals surface area (Å²) in [5.41, 5.74) is 6.92. The second-order valence-corrected chi connectivity index (χ2v) is 6.19. The molecule has 2 aromatic rings. The van der Waals surface area contributed by atoms with E-state index in [9.17, 15) is 9.18 Å². The van der Waals surface area contributed by atoms with Gasteiger partial charge in [-0.3, -0.25) is 4.79 Å². The van der Waals surface area contributed by atoms with E-state index >= 15 is 0 Å². The van der Waals surface area contributed by atoms with Gasteiger partial charge in [0.25, 0.3) is 0 Å². The number of nitrogens with two attached hydrogens (primary N) is 1. The molecule has 1 unspecified atom stereocenters. The first-order valence-electron chi connectivity index (χ1n) is 7.95. The molecule has 0 saturated heterocycles. The molecular weight excluding hydrogens is 305 g/mol. The predicted octanol–water partition coefficient (Wildman–Crippen LogP) is 2.25. The maximum atomic E-state index is 12.9. The molecule has 4 nitrogen and oxygen atoms in total. The van der Waals surface area contributed by atoms with E-state index in [1.165, 1.54) is 12.1 Å². The summed E-state index contributed by atoms with van der Waals surface area (Å²) >= 11 is 0. The van der Waals surface area contributed by atoms with Gasteiger partial charge in [-0.2, -0.15) is 0 Å². The Bertz CT molecular complexity index is 656. The number of nitrogens with one attached hydrogen (secondary N) is 1. The van der Waals surface area contributed by atoms with Gasteiger partial charge in [-0.15, -0.1) is 0 Å². The summed E-state index contributed by atoms with van der Waals surface area (Å²) in [4.78, 5) is 14.4. The third kappa shape index (κ3) is 4.88. The van der Waals surface area contributed by atoms with Gasteiger partial charge in [-0.25, -0.2) is 4.39 Å². The molecule has 0 radical (unpaired) electrons. The lowest BCUT2D eigenvalue weighted by atomic mass is 9.92. The van der Waals surface area contributed by atoms with Crippen molar-refractivity contribution in [3.8, 4) is 0 Å². The summed E-state index contributed by atoms with van der Waals surface area (Å²) in [7, 11) is 1.95. The van der Waals surface area contributed by atoms with Crippen LogP contribution in [0.15, 0.2) is 54.6 Å². The smallest absolute Gasteiger partial charge is 0.244 e. The highest BCUT2D eigenvalue weighted by molar-refractivity contribution is 5.86. The van der Waals surface area contributed by atoms with Crippen LogP contribution in [0, 0.1) is 5.82 Å². The average molecular weight is 329 g/mol. The molecule has 0 aliphatic heterocycles. The van der Waals surface area contributed by atoms with Crippen molar-refractivity contribution in [1.29, 1.82) is 0 Å². The summed E-state index contributed by atoms with van der Waals surface area (Å²) in [6, 6.07) is 15.7. The zero-order valence-electron chi connectivity index (χ0n) is 14.1. The Kier molecular flexibility index (Phi) is 6.06. The fraction of sp³-hybridized carbons (Fsp3) is 0.316. The minimum atomic E-state index is -1.06. The van der Waals surface area contributed by atoms with Gasteiger partial charge in [-0.1, -0.05) is 42.5 Å². The zero-order valence-corrected chi connectivity index (χ0v) is 14.1. The number of benzene rings is 2. The molecule has 0 heterocycles. The third-order valence-electron chi connectivity index (χ3n) is 3.99.